The first kappa shape index (κ1) is 26.2. The molecule has 1 saturated heterocycles. The van der Waals surface area contributed by atoms with Crippen molar-refractivity contribution in [2.24, 2.45) is 0 Å². The number of ketones is 1. The number of amides is 1. The van der Waals surface area contributed by atoms with Crippen LogP contribution in [0.15, 0.2) is 35.9 Å². The van der Waals surface area contributed by atoms with E-state index in [1.807, 2.05) is 19.0 Å². The van der Waals surface area contributed by atoms with Gasteiger partial charge in [-0.2, -0.15) is 0 Å². The third-order valence-electron chi connectivity index (χ3n) is 5.76. The molecule has 35 heavy (non-hydrogen) atoms. The first-order chi connectivity index (χ1) is 16.6. The van der Waals surface area contributed by atoms with E-state index in [-0.39, 0.29) is 28.5 Å². The van der Waals surface area contributed by atoms with Crippen molar-refractivity contribution in [1.82, 2.24) is 9.80 Å². The molecule has 2 aromatic carbocycles. The van der Waals surface area contributed by atoms with Crippen molar-refractivity contribution in [3.8, 4) is 23.0 Å². The van der Waals surface area contributed by atoms with Crippen molar-refractivity contribution in [3.63, 3.8) is 0 Å². The minimum atomic E-state index is -0.968. The number of methoxy groups -OCH3 is 3. The van der Waals surface area contributed by atoms with Crippen molar-refractivity contribution in [3.05, 3.63) is 52.1 Å². The van der Waals surface area contributed by atoms with Crippen LogP contribution in [0, 0.1) is 0 Å². The lowest BCUT2D eigenvalue weighted by Gasteiger charge is -2.27. The molecule has 188 valence electrons. The van der Waals surface area contributed by atoms with Gasteiger partial charge in [-0.3, -0.25) is 9.59 Å². The van der Waals surface area contributed by atoms with Crippen LogP contribution in [-0.2, 0) is 9.59 Å². The quantitative estimate of drug-likeness (QED) is 0.304. The van der Waals surface area contributed by atoms with E-state index in [1.165, 1.54) is 44.4 Å². The summed E-state index contributed by atoms with van der Waals surface area (Å²) >= 11 is 6.07. The zero-order valence-electron chi connectivity index (χ0n) is 20.3. The van der Waals surface area contributed by atoms with Crippen LogP contribution in [0.2, 0.25) is 5.02 Å². The van der Waals surface area contributed by atoms with Gasteiger partial charge in [0.15, 0.2) is 11.5 Å². The maximum atomic E-state index is 13.2. The molecule has 1 fully saturated rings. The van der Waals surface area contributed by atoms with Gasteiger partial charge in [-0.25, -0.2) is 0 Å². The number of aliphatic hydroxyl groups is 1. The molecular weight excluding hydrogens is 476 g/mol. The molecule has 1 atom stereocenters. The van der Waals surface area contributed by atoms with Gasteiger partial charge in [0, 0.05) is 11.6 Å². The van der Waals surface area contributed by atoms with Crippen LogP contribution in [0.4, 0.5) is 0 Å². The van der Waals surface area contributed by atoms with E-state index in [9.17, 15) is 19.8 Å². The summed E-state index contributed by atoms with van der Waals surface area (Å²) in [5, 5.41) is 21.8. The molecule has 0 spiro atoms. The minimum absolute atomic E-state index is 0.0544. The van der Waals surface area contributed by atoms with Gasteiger partial charge in [0.25, 0.3) is 11.7 Å². The molecule has 3 rings (SSSR count). The van der Waals surface area contributed by atoms with Gasteiger partial charge in [-0.1, -0.05) is 11.6 Å². The predicted octanol–water partition coefficient (Wildman–Crippen LogP) is 3.44. The lowest BCUT2D eigenvalue weighted by atomic mass is 9.94. The van der Waals surface area contributed by atoms with E-state index in [1.54, 1.807) is 12.1 Å². The average Bonchev–Trinajstić information content (AvgIpc) is 3.08. The number of Topliss-reactive ketones (excluding diaryl/α,β-unsaturated/α-hetero) is 1. The number of hydrogen-bond acceptors (Lipinski definition) is 8. The fraction of sp³-hybridized carbons (Fsp3) is 0.360. The molecular formula is C25H29ClN2O7. The number of phenolic OH excluding ortho intramolecular Hbond substituents is 1. The lowest BCUT2D eigenvalue weighted by molar-refractivity contribution is -0.139. The highest BCUT2D eigenvalue weighted by atomic mass is 35.5. The van der Waals surface area contributed by atoms with Crippen LogP contribution in [0.5, 0.6) is 23.0 Å². The van der Waals surface area contributed by atoms with Crippen LogP contribution in [0.3, 0.4) is 0 Å². The Balaban J connectivity index is 2.26. The summed E-state index contributed by atoms with van der Waals surface area (Å²) in [7, 11) is 8.20. The Bertz CT molecular complexity index is 1140. The highest BCUT2D eigenvalue weighted by Gasteiger charge is 2.46. The number of benzene rings is 2. The summed E-state index contributed by atoms with van der Waals surface area (Å²) in [6, 6.07) is 6.37. The number of ether oxygens (including phenoxy) is 3. The molecule has 0 bridgehead atoms. The van der Waals surface area contributed by atoms with E-state index in [0.717, 1.165) is 0 Å². The second kappa shape index (κ2) is 10.9. The molecule has 10 heteroatoms. The molecule has 0 aromatic heterocycles. The Hall–Kier alpha value is -3.43. The van der Waals surface area contributed by atoms with Gasteiger partial charge in [0.2, 0.25) is 5.75 Å². The topological polar surface area (TPSA) is 109 Å². The highest BCUT2D eigenvalue weighted by molar-refractivity contribution is 6.46. The SMILES string of the molecule is COc1cc([C@@H]2C(=C(O)c3cc(Cl)ccc3O)C(=O)C(=O)N2CCCN(C)C)cc(OC)c1OC. The van der Waals surface area contributed by atoms with E-state index < -0.39 is 23.5 Å². The second-order valence-electron chi connectivity index (χ2n) is 8.27. The molecule has 0 saturated carbocycles. The molecule has 1 heterocycles. The van der Waals surface area contributed by atoms with Crippen molar-refractivity contribution < 1.29 is 34.0 Å². The predicted molar refractivity (Wildman–Crippen MR) is 131 cm³/mol. The molecule has 0 radical (unpaired) electrons. The molecule has 0 unspecified atom stereocenters. The summed E-state index contributed by atoms with van der Waals surface area (Å²) in [5.41, 5.74) is 0.236. The number of aromatic hydroxyl groups is 1. The van der Waals surface area contributed by atoms with Crippen molar-refractivity contribution in [1.29, 1.82) is 0 Å². The Morgan fingerprint density at radius 1 is 1.06 bits per heavy atom. The second-order valence-corrected chi connectivity index (χ2v) is 8.71. The number of carbonyl (C=O) groups is 2. The van der Waals surface area contributed by atoms with Gasteiger partial charge in [-0.15, -0.1) is 0 Å². The number of aliphatic hydroxyl groups excluding tert-OH is 1. The molecule has 1 aliphatic rings. The number of rotatable bonds is 9. The fourth-order valence-electron chi connectivity index (χ4n) is 4.12. The molecule has 0 aliphatic carbocycles. The van der Waals surface area contributed by atoms with Crippen LogP contribution < -0.4 is 14.2 Å². The van der Waals surface area contributed by atoms with Crippen LogP contribution in [-0.4, -0.2) is 80.2 Å². The average molecular weight is 505 g/mol. The molecule has 1 amide bonds. The monoisotopic (exact) mass is 504 g/mol. The molecule has 1 aliphatic heterocycles. The fourth-order valence-corrected chi connectivity index (χ4v) is 4.29. The van der Waals surface area contributed by atoms with Crippen LogP contribution in [0.1, 0.15) is 23.6 Å². The highest BCUT2D eigenvalue weighted by Crippen LogP contribution is 2.46. The van der Waals surface area contributed by atoms with Crippen LogP contribution in [0.25, 0.3) is 5.76 Å². The Labute approximate surface area is 209 Å². The number of nitrogens with zero attached hydrogens (tertiary/aromatic N) is 2. The third kappa shape index (κ3) is 5.16. The lowest BCUT2D eigenvalue weighted by Crippen LogP contribution is -2.32. The van der Waals surface area contributed by atoms with E-state index in [0.29, 0.717) is 35.8 Å². The van der Waals surface area contributed by atoms with E-state index >= 15 is 0 Å². The molecule has 2 aromatic rings. The van der Waals surface area contributed by atoms with Crippen molar-refractivity contribution in [2.75, 3.05) is 48.5 Å². The minimum Gasteiger partial charge on any atom is -0.507 e. The van der Waals surface area contributed by atoms with Gasteiger partial charge in [0.05, 0.1) is 38.5 Å². The Morgan fingerprint density at radius 2 is 1.69 bits per heavy atom. The van der Waals surface area contributed by atoms with Gasteiger partial charge in [0.1, 0.15) is 11.5 Å². The largest absolute Gasteiger partial charge is 0.507 e. The van der Waals surface area contributed by atoms with Crippen molar-refractivity contribution in [2.45, 2.75) is 12.5 Å². The summed E-state index contributed by atoms with van der Waals surface area (Å²) in [6.07, 6.45) is 0.587. The molecule has 2 N–H and O–H groups in total. The summed E-state index contributed by atoms with van der Waals surface area (Å²) < 4.78 is 16.3. The number of hydrogen-bond donors (Lipinski definition) is 2. The van der Waals surface area contributed by atoms with Gasteiger partial charge >= 0.3 is 0 Å². The van der Waals surface area contributed by atoms with Crippen molar-refractivity contribution >= 4 is 29.1 Å². The Morgan fingerprint density at radius 3 is 2.23 bits per heavy atom. The third-order valence-corrected chi connectivity index (χ3v) is 6.00. The Kier molecular flexibility index (Phi) is 8.14. The number of likely N-dealkylation sites (tertiary alicyclic amines) is 1. The maximum Gasteiger partial charge on any atom is 0.295 e. The van der Waals surface area contributed by atoms with Gasteiger partial charge < -0.3 is 34.2 Å². The summed E-state index contributed by atoms with van der Waals surface area (Å²) in [6.45, 7) is 0.933. The number of phenols is 1. The normalized spacial score (nSPS) is 17.2. The standard InChI is InChI=1S/C25H29ClN2O7/c1-27(2)9-6-10-28-21(14-11-18(33-3)24(35-5)19(12-14)34-4)20(23(31)25(28)32)22(30)16-13-15(26)7-8-17(16)29/h7-8,11-13,21,29-30H,6,9-10H2,1-5H3/t21-/m1/s1. The maximum absolute atomic E-state index is 13.2. The first-order valence-electron chi connectivity index (χ1n) is 10.9. The number of halogens is 1. The summed E-state index contributed by atoms with van der Waals surface area (Å²) in [4.78, 5) is 29.7. The van der Waals surface area contributed by atoms with Crippen LogP contribution >= 0.6 is 11.6 Å². The zero-order chi connectivity index (χ0) is 25.9. The zero-order valence-corrected chi connectivity index (χ0v) is 21.0. The van der Waals surface area contributed by atoms with E-state index in [4.69, 9.17) is 25.8 Å². The summed E-state index contributed by atoms with van der Waals surface area (Å²) in [5.74, 6) is -1.45. The van der Waals surface area contributed by atoms with E-state index in [2.05, 4.69) is 0 Å². The number of carbonyl (C=O) groups excluding carboxylic acids is 2. The smallest absolute Gasteiger partial charge is 0.295 e. The van der Waals surface area contributed by atoms with Gasteiger partial charge in [-0.05, 0) is 63.0 Å². The molecule has 9 nitrogen and oxygen atoms in total. The first-order valence-corrected chi connectivity index (χ1v) is 11.2.